The topological polar surface area (TPSA) is 132 Å². The Kier molecular flexibility index (Phi) is 12.3. The van der Waals surface area contributed by atoms with E-state index in [1.807, 2.05) is 31.9 Å². The molecule has 11 nitrogen and oxygen atoms in total. The molecule has 0 bridgehead atoms. The molecule has 1 saturated heterocycles. The van der Waals surface area contributed by atoms with E-state index in [0.29, 0.717) is 44.6 Å². The Morgan fingerprint density at radius 1 is 1.08 bits per heavy atom. The molecule has 2 heterocycles. The van der Waals surface area contributed by atoms with E-state index in [4.69, 9.17) is 0 Å². The van der Waals surface area contributed by atoms with Crippen LogP contribution in [0.5, 0.6) is 0 Å². The van der Waals surface area contributed by atoms with Gasteiger partial charge in [0.25, 0.3) is 5.91 Å². The number of hydrogen-bond donors (Lipinski definition) is 4. The number of hydrogen-bond acceptors (Lipinski definition) is 7. The predicted molar refractivity (Wildman–Crippen MR) is 183 cm³/mol. The molecule has 4 atom stereocenters. The number of carbonyl (C=O) groups is 3. The molecular weight excluding hydrogens is 613 g/mol. The number of amides is 3. The molecule has 0 radical (unpaired) electrons. The monoisotopic (exact) mass is 667 g/mol. The molecule has 3 amide bonds. The van der Waals surface area contributed by atoms with Gasteiger partial charge in [-0.25, -0.2) is 4.39 Å². The van der Waals surface area contributed by atoms with Crippen LogP contribution in [0.4, 0.5) is 10.1 Å². The second kappa shape index (κ2) is 16.4. The SMILES string of the molecule is CCC(O)N[C@H](CCCCc1ccc(NC(=O)[C@@H](NC(=O)c2ccnn2CC)[C@H]2CCCC3(CC3)C2)c(F)c1)C(=O)N1CCN(C)CC1. The lowest BCUT2D eigenvalue weighted by atomic mass is 9.75. The number of nitrogens with zero attached hydrogens (tertiary/aromatic N) is 4. The maximum atomic E-state index is 15.4. The molecular formula is C36H54FN7O4. The first-order valence-corrected chi connectivity index (χ1v) is 17.9. The van der Waals surface area contributed by atoms with Gasteiger partial charge in [0, 0.05) is 38.9 Å². The maximum Gasteiger partial charge on any atom is 0.270 e. The van der Waals surface area contributed by atoms with Crippen LogP contribution in [-0.4, -0.2) is 93.9 Å². The minimum atomic E-state index is -0.782. The summed E-state index contributed by atoms with van der Waals surface area (Å²) in [6, 6.07) is 5.26. The normalized spacial score (nSPS) is 21.0. The van der Waals surface area contributed by atoms with E-state index in [1.165, 1.54) is 6.07 Å². The summed E-state index contributed by atoms with van der Waals surface area (Å²) in [7, 11) is 2.05. The number of aryl methyl sites for hydroxylation is 2. The second-order valence-corrected chi connectivity index (χ2v) is 14.2. The number of carbonyl (C=O) groups excluding carboxylic acids is 3. The van der Waals surface area contributed by atoms with Gasteiger partial charge < -0.3 is 25.5 Å². The summed E-state index contributed by atoms with van der Waals surface area (Å²) in [5, 5.41) is 23.3. The average Bonchev–Trinajstić information content (AvgIpc) is 3.63. The van der Waals surface area contributed by atoms with Crippen LogP contribution in [-0.2, 0) is 22.6 Å². The molecule has 1 spiro atoms. The Bertz CT molecular complexity index is 1400. The van der Waals surface area contributed by atoms with Gasteiger partial charge in [-0.3, -0.25) is 24.4 Å². The molecule has 2 saturated carbocycles. The molecule has 2 aromatic rings. The fraction of sp³-hybridized carbons (Fsp3) is 0.667. The number of benzene rings is 1. The predicted octanol–water partition coefficient (Wildman–Crippen LogP) is 3.92. The lowest BCUT2D eigenvalue weighted by Crippen LogP contribution is -2.54. The third kappa shape index (κ3) is 9.21. The van der Waals surface area contributed by atoms with Gasteiger partial charge in [-0.2, -0.15) is 5.10 Å². The summed E-state index contributed by atoms with van der Waals surface area (Å²) >= 11 is 0. The highest BCUT2D eigenvalue weighted by Gasteiger charge is 2.48. The number of likely N-dealkylation sites (N-methyl/N-ethyl adjacent to an activating group) is 1. The highest BCUT2D eigenvalue weighted by Crippen LogP contribution is 2.58. The number of aromatic nitrogens is 2. The zero-order valence-electron chi connectivity index (χ0n) is 28.8. The molecule has 12 heteroatoms. The van der Waals surface area contributed by atoms with Crippen molar-refractivity contribution in [3.63, 3.8) is 0 Å². The molecule has 1 unspecified atom stereocenters. The van der Waals surface area contributed by atoms with Gasteiger partial charge in [0.1, 0.15) is 23.8 Å². The quantitative estimate of drug-likeness (QED) is 0.167. The number of aliphatic hydroxyl groups excluding tert-OH is 1. The molecule has 1 aromatic heterocycles. The third-order valence-corrected chi connectivity index (χ3v) is 10.6. The number of aliphatic hydroxyl groups is 1. The summed E-state index contributed by atoms with van der Waals surface area (Å²) in [5.74, 6) is -1.28. The van der Waals surface area contributed by atoms with E-state index in [1.54, 1.807) is 23.0 Å². The number of unbranched alkanes of at least 4 members (excludes halogenated alkanes) is 1. The highest BCUT2D eigenvalue weighted by molar-refractivity contribution is 6.00. The highest BCUT2D eigenvalue weighted by atomic mass is 19.1. The van der Waals surface area contributed by atoms with Crippen LogP contribution < -0.4 is 16.0 Å². The summed E-state index contributed by atoms with van der Waals surface area (Å²) in [6.45, 7) is 7.33. The van der Waals surface area contributed by atoms with Crippen LogP contribution in [0.15, 0.2) is 30.5 Å². The smallest absolute Gasteiger partial charge is 0.270 e. The van der Waals surface area contributed by atoms with Crippen molar-refractivity contribution in [3.05, 3.63) is 47.5 Å². The zero-order valence-corrected chi connectivity index (χ0v) is 28.8. The van der Waals surface area contributed by atoms with Gasteiger partial charge in [-0.1, -0.05) is 25.8 Å². The number of rotatable bonds is 15. The average molecular weight is 668 g/mol. The Morgan fingerprint density at radius 2 is 1.85 bits per heavy atom. The van der Waals surface area contributed by atoms with Crippen LogP contribution >= 0.6 is 0 Å². The van der Waals surface area contributed by atoms with Gasteiger partial charge in [0.15, 0.2) is 0 Å². The molecule has 264 valence electrons. The Morgan fingerprint density at radius 3 is 2.54 bits per heavy atom. The van der Waals surface area contributed by atoms with E-state index in [-0.39, 0.29) is 28.8 Å². The standard InChI is InChI=1S/C36H54FN7O4/c1-4-31(45)39-29(35(48)43-21-19-42(3)20-22-43)11-7-6-9-25-12-13-28(27(37)23-25)40-34(47)32(26-10-8-15-36(24-26)16-17-36)41-33(46)30-14-18-38-44(30)5-2/h12-14,18,23,26,29,31-32,39,45H,4-11,15-17,19-22,24H2,1-3H3,(H,40,47)(H,41,46)/t26-,29+,31?,32-/m0/s1. The number of nitrogens with one attached hydrogen (secondary N) is 3. The van der Waals surface area contributed by atoms with Gasteiger partial charge in [-0.15, -0.1) is 0 Å². The van der Waals surface area contributed by atoms with Gasteiger partial charge >= 0.3 is 0 Å². The molecule has 1 aliphatic heterocycles. The minimum absolute atomic E-state index is 0.0211. The Hall–Kier alpha value is -3.35. The molecule has 2 aliphatic carbocycles. The van der Waals surface area contributed by atoms with Crippen molar-refractivity contribution in [3.8, 4) is 0 Å². The largest absolute Gasteiger partial charge is 0.379 e. The first kappa shape index (κ1) is 35.9. The first-order chi connectivity index (χ1) is 23.1. The molecule has 5 rings (SSSR count). The molecule has 1 aromatic carbocycles. The summed E-state index contributed by atoms with van der Waals surface area (Å²) < 4.78 is 17.0. The Labute approximate surface area is 284 Å². The molecule has 3 aliphatic rings. The number of piperazine rings is 1. The number of halogens is 1. The van der Waals surface area contributed by atoms with Crippen molar-refractivity contribution in [1.82, 2.24) is 30.2 Å². The van der Waals surface area contributed by atoms with E-state index >= 15 is 4.39 Å². The first-order valence-electron chi connectivity index (χ1n) is 17.9. The van der Waals surface area contributed by atoms with E-state index < -0.39 is 30.0 Å². The summed E-state index contributed by atoms with van der Waals surface area (Å²) in [5.41, 5.74) is 1.58. The number of anilines is 1. The van der Waals surface area contributed by atoms with Crippen LogP contribution in [0.2, 0.25) is 0 Å². The summed E-state index contributed by atoms with van der Waals surface area (Å²) in [4.78, 5) is 44.3. The van der Waals surface area contributed by atoms with E-state index in [9.17, 15) is 19.5 Å². The van der Waals surface area contributed by atoms with Crippen LogP contribution in [0.1, 0.15) is 94.1 Å². The van der Waals surface area contributed by atoms with Gasteiger partial charge in [-0.05, 0) is 107 Å². The van der Waals surface area contributed by atoms with Crippen molar-refractivity contribution < 1.29 is 23.9 Å². The third-order valence-electron chi connectivity index (χ3n) is 10.6. The van der Waals surface area contributed by atoms with Crippen LogP contribution in [0.25, 0.3) is 0 Å². The van der Waals surface area contributed by atoms with Crippen LogP contribution in [0, 0.1) is 17.2 Å². The van der Waals surface area contributed by atoms with E-state index in [2.05, 4.69) is 25.9 Å². The van der Waals surface area contributed by atoms with Crippen molar-refractivity contribution in [2.75, 3.05) is 38.5 Å². The van der Waals surface area contributed by atoms with E-state index in [0.717, 1.165) is 70.0 Å². The molecule has 48 heavy (non-hydrogen) atoms. The van der Waals surface area contributed by atoms with Gasteiger partial charge in [0.05, 0.1) is 11.7 Å². The lowest BCUT2D eigenvalue weighted by molar-refractivity contribution is -0.136. The van der Waals surface area contributed by atoms with Crippen molar-refractivity contribution in [2.24, 2.45) is 11.3 Å². The van der Waals surface area contributed by atoms with Gasteiger partial charge in [0.2, 0.25) is 11.8 Å². The van der Waals surface area contributed by atoms with Crippen molar-refractivity contribution >= 4 is 23.4 Å². The second-order valence-electron chi connectivity index (χ2n) is 14.2. The minimum Gasteiger partial charge on any atom is -0.379 e. The van der Waals surface area contributed by atoms with Crippen molar-refractivity contribution in [2.45, 2.75) is 109 Å². The maximum absolute atomic E-state index is 15.4. The molecule has 3 fully saturated rings. The van der Waals surface area contributed by atoms with Crippen LogP contribution in [0.3, 0.4) is 0 Å². The fourth-order valence-corrected chi connectivity index (χ4v) is 7.38. The lowest BCUT2D eigenvalue weighted by Gasteiger charge is -2.35. The summed E-state index contributed by atoms with van der Waals surface area (Å²) in [6.07, 6.45) is 10.2. The fourth-order valence-electron chi connectivity index (χ4n) is 7.38. The molecule has 4 N–H and O–H groups in total. The Balaban J connectivity index is 1.17. The van der Waals surface area contributed by atoms with Crippen molar-refractivity contribution in [1.29, 1.82) is 0 Å². The zero-order chi connectivity index (χ0) is 34.3.